The van der Waals surface area contributed by atoms with Gasteiger partial charge in [-0.1, -0.05) is 0 Å². The lowest BCUT2D eigenvalue weighted by molar-refractivity contribution is -0.150. The minimum atomic E-state index is -1.49. The largest absolute Gasteiger partial charge is 0.480 e. The molecule has 0 bridgehead atoms. The highest BCUT2D eigenvalue weighted by atomic mass is 16.5. The summed E-state index contributed by atoms with van der Waals surface area (Å²) in [7, 11) is 0. The van der Waals surface area contributed by atoms with E-state index in [0.29, 0.717) is 0 Å². The molecule has 5 nitrogen and oxygen atoms in total. The summed E-state index contributed by atoms with van der Waals surface area (Å²) < 4.78 is 4.42. The fourth-order valence-corrected chi connectivity index (χ4v) is 0.313. The average Bonchev–Trinajstić information content (AvgIpc) is 1.84. The first-order valence-corrected chi connectivity index (χ1v) is 3.02. The molecule has 0 aliphatic heterocycles. The van der Waals surface area contributed by atoms with Crippen LogP contribution in [0.25, 0.3) is 0 Å². The van der Waals surface area contributed by atoms with Crippen LogP contribution in [0.4, 0.5) is 0 Å². The maximum atomic E-state index is 10.3. The predicted octanol–water partition coefficient (Wildman–Crippen LogP) is -0.648. The van der Waals surface area contributed by atoms with E-state index in [0.717, 1.165) is 0 Å². The van der Waals surface area contributed by atoms with E-state index >= 15 is 0 Å². The Morgan fingerprint density at radius 3 is 2.36 bits per heavy atom. The van der Waals surface area contributed by atoms with Crippen LogP contribution in [0, 0.1) is 0 Å². The highest BCUT2D eigenvalue weighted by Gasteiger charge is 2.29. The Balaban J connectivity index is 3.92. The Labute approximate surface area is 64.1 Å². The Morgan fingerprint density at radius 1 is 1.64 bits per heavy atom. The van der Waals surface area contributed by atoms with Crippen LogP contribution in [0.5, 0.6) is 0 Å². The van der Waals surface area contributed by atoms with Gasteiger partial charge in [-0.3, -0.25) is 9.59 Å². The molecule has 0 rings (SSSR count). The van der Waals surface area contributed by atoms with E-state index < -0.39 is 17.5 Å². The number of carbonyl (C=O) groups excluding carboxylic acids is 1. The molecule has 3 N–H and O–H groups in total. The molecule has 0 spiro atoms. The second-order valence-corrected chi connectivity index (χ2v) is 2.50. The van der Waals surface area contributed by atoms with Crippen molar-refractivity contribution in [3.8, 4) is 0 Å². The Kier molecular flexibility index (Phi) is 3.00. The van der Waals surface area contributed by atoms with Crippen molar-refractivity contribution in [2.75, 3.05) is 6.61 Å². The van der Waals surface area contributed by atoms with Gasteiger partial charge in [-0.05, 0) is 6.92 Å². The minimum absolute atomic E-state index is 0.308. The van der Waals surface area contributed by atoms with Gasteiger partial charge < -0.3 is 15.6 Å². The summed E-state index contributed by atoms with van der Waals surface area (Å²) in [5.41, 5.74) is 3.74. The Bertz CT molecular complexity index is 175. The maximum absolute atomic E-state index is 10.3. The molecule has 1 atom stereocenters. The van der Waals surface area contributed by atoms with Gasteiger partial charge in [0, 0.05) is 6.92 Å². The number of ether oxygens (including phenoxy) is 1. The van der Waals surface area contributed by atoms with Crippen LogP contribution in [0.2, 0.25) is 0 Å². The van der Waals surface area contributed by atoms with E-state index in [-0.39, 0.29) is 6.61 Å². The number of rotatable bonds is 3. The quantitative estimate of drug-likeness (QED) is 0.537. The molecule has 0 aromatic rings. The van der Waals surface area contributed by atoms with Crippen molar-refractivity contribution in [1.82, 2.24) is 0 Å². The van der Waals surface area contributed by atoms with Crippen LogP contribution in [-0.4, -0.2) is 29.2 Å². The highest BCUT2D eigenvalue weighted by molar-refractivity contribution is 5.78. The fourth-order valence-electron chi connectivity index (χ4n) is 0.313. The number of nitrogens with two attached hydrogens (primary N) is 1. The summed E-state index contributed by atoms with van der Waals surface area (Å²) in [6.45, 7) is 2.16. The number of carbonyl (C=O) groups is 2. The van der Waals surface area contributed by atoms with Gasteiger partial charge in [-0.15, -0.1) is 0 Å². The molecule has 64 valence electrons. The van der Waals surface area contributed by atoms with E-state index in [1.807, 2.05) is 0 Å². The maximum Gasteiger partial charge on any atom is 0.326 e. The van der Waals surface area contributed by atoms with Gasteiger partial charge in [0.2, 0.25) is 0 Å². The monoisotopic (exact) mass is 161 g/mol. The first-order valence-electron chi connectivity index (χ1n) is 3.02. The van der Waals surface area contributed by atoms with E-state index in [1.54, 1.807) is 0 Å². The van der Waals surface area contributed by atoms with Crippen LogP contribution < -0.4 is 5.73 Å². The third kappa shape index (κ3) is 3.57. The van der Waals surface area contributed by atoms with Crippen LogP contribution in [0.1, 0.15) is 13.8 Å². The predicted molar refractivity (Wildman–Crippen MR) is 36.9 cm³/mol. The summed E-state index contributed by atoms with van der Waals surface area (Å²) in [5, 5.41) is 8.44. The van der Waals surface area contributed by atoms with E-state index in [1.165, 1.54) is 13.8 Å². The number of carboxylic acids is 1. The molecular weight excluding hydrogens is 150 g/mol. The molecule has 0 unspecified atom stereocenters. The van der Waals surface area contributed by atoms with Crippen molar-refractivity contribution < 1.29 is 19.4 Å². The number of hydrogen-bond donors (Lipinski definition) is 2. The summed E-state index contributed by atoms with van der Waals surface area (Å²) in [6, 6.07) is 0. The van der Waals surface area contributed by atoms with Crippen LogP contribution in [0.15, 0.2) is 0 Å². The van der Waals surface area contributed by atoms with Crippen molar-refractivity contribution in [2.45, 2.75) is 19.4 Å². The number of aliphatic carboxylic acids is 1. The van der Waals surface area contributed by atoms with Crippen molar-refractivity contribution in [1.29, 1.82) is 0 Å². The highest BCUT2D eigenvalue weighted by Crippen LogP contribution is 1.99. The molecule has 0 aliphatic rings. The number of carboxylic acid groups (broad SMARTS) is 1. The first kappa shape index (κ1) is 9.90. The van der Waals surface area contributed by atoms with Gasteiger partial charge in [0.05, 0.1) is 0 Å². The summed E-state index contributed by atoms with van der Waals surface area (Å²) in [6.07, 6.45) is 0. The van der Waals surface area contributed by atoms with Crippen LogP contribution >= 0.6 is 0 Å². The molecular formula is C6H11NO4. The number of esters is 1. The zero-order valence-electron chi connectivity index (χ0n) is 6.46. The average molecular weight is 161 g/mol. The molecule has 0 heterocycles. The second-order valence-electron chi connectivity index (χ2n) is 2.50. The van der Waals surface area contributed by atoms with Gasteiger partial charge in [0.15, 0.2) is 0 Å². The standard InChI is InChI=1S/C6H11NO4/c1-4(8)11-3-6(2,7)5(9)10/h3,7H2,1-2H3,(H,9,10)/t6-/m0/s1. The molecule has 0 saturated heterocycles. The first-order chi connectivity index (χ1) is 4.86. The normalized spacial score (nSPS) is 15.2. The Morgan fingerprint density at radius 2 is 2.09 bits per heavy atom. The smallest absolute Gasteiger partial charge is 0.326 e. The molecule has 5 heteroatoms. The van der Waals surface area contributed by atoms with Gasteiger partial charge in [0.1, 0.15) is 12.1 Å². The van der Waals surface area contributed by atoms with Crippen molar-refractivity contribution >= 4 is 11.9 Å². The third-order valence-corrected chi connectivity index (χ3v) is 1.06. The number of hydrogen-bond acceptors (Lipinski definition) is 4. The fraction of sp³-hybridized carbons (Fsp3) is 0.667. The van der Waals surface area contributed by atoms with Crippen molar-refractivity contribution in [2.24, 2.45) is 5.73 Å². The lowest BCUT2D eigenvalue weighted by atomic mass is 10.1. The van der Waals surface area contributed by atoms with Crippen LogP contribution in [0.3, 0.4) is 0 Å². The van der Waals surface area contributed by atoms with Gasteiger partial charge in [-0.2, -0.15) is 0 Å². The SMILES string of the molecule is CC(=O)OC[C@](C)(N)C(=O)O. The van der Waals surface area contributed by atoms with Crippen LogP contribution in [-0.2, 0) is 14.3 Å². The summed E-state index contributed by atoms with van der Waals surface area (Å²) in [5.74, 6) is -1.73. The summed E-state index contributed by atoms with van der Waals surface area (Å²) in [4.78, 5) is 20.6. The lowest BCUT2D eigenvalue weighted by Crippen LogP contribution is -2.49. The second kappa shape index (κ2) is 3.34. The molecule has 0 radical (unpaired) electrons. The van der Waals surface area contributed by atoms with E-state index in [4.69, 9.17) is 10.8 Å². The van der Waals surface area contributed by atoms with Crippen molar-refractivity contribution in [3.63, 3.8) is 0 Å². The molecule has 11 heavy (non-hydrogen) atoms. The van der Waals surface area contributed by atoms with Gasteiger partial charge >= 0.3 is 11.9 Å². The third-order valence-electron chi connectivity index (χ3n) is 1.06. The summed E-state index contributed by atoms with van der Waals surface area (Å²) >= 11 is 0. The lowest BCUT2D eigenvalue weighted by Gasteiger charge is -2.17. The molecule has 0 aromatic carbocycles. The zero-order chi connectivity index (χ0) is 9.07. The molecule has 0 fully saturated rings. The zero-order valence-corrected chi connectivity index (χ0v) is 6.46. The molecule has 0 aliphatic carbocycles. The van der Waals surface area contributed by atoms with E-state index in [9.17, 15) is 9.59 Å². The molecule has 0 saturated carbocycles. The molecule has 0 amide bonds. The minimum Gasteiger partial charge on any atom is -0.480 e. The van der Waals surface area contributed by atoms with Gasteiger partial charge in [0.25, 0.3) is 0 Å². The topological polar surface area (TPSA) is 89.6 Å². The Hall–Kier alpha value is -1.10. The van der Waals surface area contributed by atoms with Crippen molar-refractivity contribution in [3.05, 3.63) is 0 Å². The van der Waals surface area contributed by atoms with Gasteiger partial charge in [-0.25, -0.2) is 0 Å². The molecule has 0 aromatic heterocycles. The van der Waals surface area contributed by atoms with E-state index in [2.05, 4.69) is 4.74 Å².